The Bertz CT molecular complexity index is 559. The molecule has 4 nitrogen and oxygen atoms in total. The lowest BCUT2D eigenvalue weighted by molar-refractivity contribution is -0.0853. The first-order valence-corrected chi connectivity index (χ1v) is 6.54. The van der Waals surface area contributed by atoms with Crippen LogP contribution in [-0.4, -0.2) is 35.5 Å². The number of fused-ring (bicyclic) bond motifs is 1. The van der Waals surface area contributed by atoms with Crippen molar-refractivity contribution in [3.63, 3.8) is 0 Å². The second-order valence-electron chi connectivity index (χ2n) is 4.96. The van der Waals surface area contributed by atoms with Crippen molar-refractivity contribution in [3.05, 3.63) is 36.5 Å². The molecule has 1 saturated heterocycles. The molecule has 100 valence electrons. The van der Waals surface area contributed by atoms with Gasteiger partial charge in [-0.2, -0.15) is 0 Å². The van der Waals surface area contributed by atoms with Crippen LogP contribution in [0.15, 0.2) is 36.5 Å². The van der Waals surface area contributed by atoms with Crippen molar-refractivity contribution in [1.29, 1.82) is 0 Å². The van der Waals surface area contributed by atoms with Crippen molar-refractivity contribution in [1.82, 2.24) is 4.98 Å². The average Bonchev–Trinajstić information content (AvgIpc) is 2.46. The molecule has 0 aliphatic carbocycles. The Morgan fingerprint density at radius 3 is 2.84 bits per heavy atom. The minimum Gasteiger partial charge on any atom is -0.488 e. The van der Waals surface area contributed by atoms with Crippen LogP contribution in [0.4, 0.5) is 0 Å². The number of pyridine rings is 1. The highest BCUT2D eigenvalue weighted by Gasteiger charge is 2.30. The summed E-state index contributed by atoms with van der Waals surface area (Å²) in [6.45, 7) is 1.47. The van der Waals surface area contributed by atoms with E-state index < -0.39 is 5.60 Å². The van der Waals surface area contributed by atoms with Crippen LogP contribution >= 0.6 is 0 Å². The molecule has 1 aromatic heterocycles. The predicted molar refractivity (Wildman–Crippen MR) is 72.2 cm³/mol. The molecule has 1 aromatic carbocycles. The van der Waals surface area contributed by atoms with Crippen molar-refractivity contribution in [2.45, 2.75) is 18.4 Å². The summed E-state index contributed by atoms with van der Waals surface area (Å²) < 4.78 is 11.1. The molecule has 2 aromatic rings. The van der Waals surface area contributed by atoms with Gasteiger partial charge in [0.05, 0.1) is 0 Å². The van der Waals surface area contributed by atoms with Crippen molar-refractivity contribution < 1.29 is 14.6 Å². The van der Waals surface area contributed by atoms with Gasteiger partial charge in [0.15, 0.2) is 0 Å². The van der Waals surface area contributed by atoms with Gasteiger partial charge in [-0.15, -0.1) is 0 Å². The summed E-state index contributed by atoms with van der Waals surface area (Å²) in [6.07, 6.45) is 2.98. The highest BCUT2D eigenvalue weighted by Crippen LogP contribution is 2.26. The number of benzene rings is 1. The molecule has 0 bridgehead atoms. The summed E-state index contributed by atoms with van der Waals surface area (Å²) in [4.78, 5) is 4.34. The van der Waals surface area contributed by atoms with Crippen LogP contribution in [-0.2, 0) is 4.74 Å². The summed E-state index contributed by atoms with van der Waals surface area (Å²) >= 11 is 0. The lowest BCUT2D eigenvalue weighted by Gasteiger charge is -2.31. The zero-order chi connectivity index (χ0) is 13.1. The van der Waals surface area contributed by atoms with Crippen molar-refractivity contribution in [3.8, 4) is 5.75 Å². The predicted octanol–water partition coefficient (Wildman–Crippen LogP) is 2.16. The quantitative estimate of drug-likeness (QED) is 0.917. The van der Waals surface area contributed by atoms with Gasteiger partial charge in [-0.1, -0.05) is 18.2 Å². The van der Waals surface area contributed by atoms with Gasteiger partial charge in [-0.05, 0) is 12.1 Å². The van der Waals surface area contributed by atoms with E-state index in [9.17, 15) is 5.11 Å². The van der Waals surface area contributed by atoms with Crippen LogP contribution < -0.4 is 4.74 Å². The van der Waals surface area contributed by atoms with Crippen molar-refractivity contribution >= 4 is 10.9 Å². The van der Waals surface area contributed by atoms with E-state index in [1.165, 1.54) is 0 Å². The highest BCUT2D eigenvalue weighted by atomic mass is 16.5. The molecule has 1 fully saturated rings. The molecule has 0 amide bonds. The van der Waals surface area contributed by atoms with Gasteiger partial charge in [-0.25, -0.2) is 0 Å². The molecule has 4 heteroatoms. The van der Waals surface area contributed by atoms with Crippen LogP contribution in [0.5, 0.6) is 5.75 Å². The molecule has 0 spiro atoms. The molecule has 0 unspecified atom stereocenters. The molecule has 1 aliphatic rings. The monoisotopic (exact) mass is 259 g/mol. The van der Waals surface area contributed by atoms with Crippen LogP contribution in [0.3, 0.4) is 0 Å². The molecule has 2 heterocycles. The molecular weight excluding hydrogens is 242 g/mol. The van der Waals surface area contributed by atoms with E-state index in [2.05, 4.69) is 4.98 Å². The number of nitrogens with zero attached hydrogens (tertiary/aromatic N) is 1. The van der Waals surface area contributed by atoms with Crippen molar-refractivity contribution in [2.24, 2.45) is 0 Å². The van der Waals surface area contributed by atoms with Crippen LogP contribution in [0, 0.1) is 0 Å². The van der Waals surface area contributed by atoms with Gasteiger partial charge in [0.2, 0.25) is 0 Å². The van der Waals surface area contributed by atoms with E-state index >= 15 is 0 Å². The molecule has 0 radical (unpaired) electrons. The van der Waals surface area contributed by atoms with E-state index in [1.807, 2.05) is 30.3 Å². The Morgan fingerprint density at radius 2 is 2.00 bits per heavy atom. The molecule has 1 aliphatic heterocycles. The number of aliphatic hydroxyl groups is 1. The van der Waals surface area contributed by atoms with Crippen molar-refractivity contribution in [2.75, 3.05) is 19.8 Å². The van der Waals surface area contributed by atoms with Gasteiger partial charge < -0.3 is 14.6 Å². The summed E-state index contributed by atoms with van der Waals surface area (Å²) in [5, 5.41) is 11.4. The minimum absolute atomic E-state index is 0.284. The Kier molecular flexibility index (Phi) is 3.36. The average molecular weight is 259 g/mol. The van der Waals surface area contributed by atoms with E-state index in [0.29, 0.717) is 26.1 Å². The fraction of sp³-hybridized carbons (Fsp3) is 0.400. The summed E-state index contributed by atoms with van der Waals surface area (Å²) in [6, 6.07) is 9.72. The first-order valence-electron chi connectivity index (χ1n) is 6.54. The van der Waals surface area contributed by atoms with Gasteiger partial charge in [-0.3, -0.25) is 4.98 Å². The highest BCUT2D eigenvalue weighted by molar-refractivity contribution is 5.84. The van der Waals surface area contributed by atoms with Gasteiger partial charge >= 0.3 is 0 Å². The van der Waals surface area contributed by atoms with Gasteiger partial charge in [0.1, 0.15) is 23.5 Å². The maximum absolute atomic E-state index is 10.4. The molecule has 0 saturated carbocycles. The normalized spacial score (nSPS) is 18.4. The molecule has 1 N–H and O–H groups in total. The molecule has 3 rings (SSSR count). The largest absolute Gasteiger partial charge is 0.488 e. The second kappa shape index (κ2) is 5.15. The maximum Gasteiger partial charge on any atom is 0.145 e. The van der Waals surface area contributed by atoms with Crippen LogP contribution in [0.2, 0.25) is 0 Å². The number of hydrogen-bond acceptors (Lipinski definition) is 4. The third-order valence-corrected chi connectivity index (χ3v) is 3.52. The van der Waals surface area contributed by atoms with E-state index in [-0.39, 0.29) is 6.61 Å². The Labute approximate surface area is 112 Å². The topological polar surface area (TPSA) is 51.6 Å². The molecule has 0 atom stereocenters. The maximum atomic E-state index is 10.4. The first-order chi connectivity index (χ1) is 9.27. The fourth-order valence-corrected chi connectivity index (χ4v) is 2.30. The zero-order valence-corrected chi connectivity index (χ0v) is 10.7. The number of hydrogen-bond donors (Lipinski definition) is 1. The SMILES string of the molecule is OC1(COc2cccc3cccnc23)CCOCC1. The lowest BCUT2D eigenvalue weighted by atomic mass is 9.96. The number of aromatic nitrogens is 1. The van der Waals surface area contributed by atoms with E-state index in [0.717, 1.165) is 16.7 Å². The van der Waals surface area contributed by atoms with Gasteiger partial charge in [0, 0.05) is 37.6 Å². The Balaban J connectivity index is 1.78. The number of para-hydroxylation sites is 1. The van der Waals surface area contributed by atoms with E-state index in [1.54, 1.807) is 6.20 Å². The minimum atomic E-state index is -0.783. The fourth-order valence-electron chi connectivity index (χ4n) is 2.30. The number of ether oxygens (including phenoxy) is 2. The smallest absolute Gasteiger partial charge is 0.145 e. The number of rotatable bonds is 3. The Morgan fingerprint density at radius 1 is 1.21 bits per heavy atom. The first kappa shape index (κ1) is 12.4. The summed E-state index contributed by atoms with van der Waals surface area (Å²) in [7, 11) is 0. The zero-order valence-electron chi connectivity index (χ0n) is 10.7. The molecular formula is C15H17NO3. The second-order valence-corrected chi connectivity index (χ2v) is 4.96. The van der Waals surface area contributed by atoms with E-state index in [4.69, 9.17) is 9.47 Å². The summed E-state index contributed by atoms with van der Waals surface area (Å²) in [5.41, 5.74) is 0.0514. The standard InChI is InChI=1S/C15H17NO3/c17-15(6-9-18-10-7-15)11-19-13-5-1-3-12-4-2-8-16-14(12)13/h1-5,8,17H,6-7,9-11H2. The van der Waals surface area contributed by atoms with Crippen LogP contribution in [0.25, 0.3) is 10.9 Å². The lowest BCUT2D eigenvalue weighted by Crippen LogP contribution is -2.41. The Hall–Kier alpha value is -1.65. The van der Waals surface area contributed by atoms with Crippen LogP contribution in [0.1, 0.15) is 12.8 Å². The third kappa shape index (κ3) is 2.69. The molecule has 19 heavy (non-hydrogen) atoms. The summed E-state index contributed by atoms with van der Waals surface area (Å²) in [5.74, 6) is 0.720. The third-order valence-electron chi connectivity index (χ3n) is 3.52. The van der Waals surface area contributed by atoms with Gasteiger partial charge in [0.25, 0.3) is 0 Å².